The molecular weight excluding hydrogens is 859 g/mol. The lowest BCUT2D eigenvalue weighted by Gasteiger charge is -2.30. The van der Waals surface area contributed by atoms with Crippen molar-refractivity contribution in [3.8, 4) is 0 Å². The molecule has 0 radical (unpaired) electrons. The Kier molecular flexibility index (Phi) is 18.4. The molecule has 4 unspecified atom stereocenters. The zero-order valence-electron chi connectivity index (χ0n) is 31.8. The smallest absolute Gasteiger partial charge is 0.392 e. The molecule has 0 aromatic carbocycles. The van der Waals surface area contributed by atoms with Crippen molar-refractivity contribution in [2.75, 3.05) is 37.8 Å². The van der Waals surface area contributed by atoms with Crippen molar-refractivity contribution in [1.82, 2.24) is 30.2 Å². The van der Waals surface area contributed by atoms with Gasteiger partial charge in [-0.1, -0.05) is 45.9 Å². The summed E-state index contributed by atoms with van der Waals surface area (Å²) in [5.74, 6) is -1.73. The standard InChI is InChI=1S/C29H50N7O18P3S/c1-5-7-16(17(37)6-2)28(42)58-11-10-31-19(38)8-9-32-26(41)23(40)29(3,4)13-51-57(48,49)54-56(46,47)50-12-18-22(53-55(43,44)45)21(39)27(52-18)36-15-35-20-24(30)33-14-34-25(20)36/h14-18,21-23,27,37,39-40H,5-13H2,1-4H3,(H,31,38)(H,32,41)(H,46,47)(H,48,49)(H2,30,33,34)(H2,43,44,45)/t16?,17?,18-,21-,22-,23+,27-/m1/s1. The molecule has 9 atom stereocenters. The van der Waals surface area contributed by atoms with E-state index in [1.54, 1.807) is 6.92 Å². The summed E-state index contributed by atoms with van der Waals surface area (Å²) in [5, 5.41) is 36.3. The molecule has 2 aromatic heterocycles. The SMILES string of the molecule is CCCC(C(=O)SCCNC(=O)CCNC(=O)[C@H](O)C(C)(C)COP(=O)(O)OP(=O)(O)OC[C@H]1O[C@@H](n2cnc3c(N)ncnc32)[C@H](O)[C@@H]1OP(=O)(O)O)C(O)CC. The highest BCUT2D eigenvalue weighted by molar-refractivity contribution is 8.13. The molecule has 0 aliphatic carbocycles. The third-order valence-corrected chi connectivity index (χ3v) is 12.6. The summed E-state index contributed by atoms with van der Waals surface area (Å²) in [7, 11) is -16.4. The van der Waals surface area contributed by atoms with E-state index >= 15 is 0 Å². The lowest BCUT2D eigenvalue weighted by Crippen LogP contribution is -2.46. The van der Waals surface area contributed by atoms with Crippen LogP contribution in [0.5, 0.6) is 0 Å². The van der Waals surface area contributed by atoms with Crippen LogP contribution in [0.2, 0.25) is 0 Å². The van der Waals surface area contributed by atoms with Gasteiger partial charge in [-0.3, -0.25) is 32.5 Å². The van der Waals surface area contributed by atoms with Gasteiger partial charge < -0.3 is 56.0 Å². The van der Waals surface area contributed by atoms with Crippen LogP contribution in [0.25, 0.3) is 11.2 Å². The van der Waals surface area contributed by atoms with Crippen molar-refractivity contribution >= 4 is 69.1 Å². The summed E-state index contributed by atoms with van der Waals surface area (Å²) in [6.07, 6.45) is -6.01. The number of hydrogen-bond acceptors (Lipinski definition) is 19. The van der Waals surface area contributed by atoms with Crippen molar-refractivity contribution in [3.63, 3.8) is 0 Å². The number of phosphoric ester groups is 3. The van der Waals surface area contributed by atoms with Crippen LogP contribution in [0.3, 0.4) is 0 Å². The zero-order valence-corrected chi connectivity index (χ0v) is 35.3. The highest BCUT2D eigenvalue weighted by Crippen LogP contribution is 2.61. The van der Waals surface area contributed by atoms with E-state index in [0.717, 1.165) is 35.4 Å². The largest absolute Gasteiger partial charge is 0.481 e. The van der Waals surface area contributed by atoms with Gasteiger partial charge in [0.05, 0.1) is 31.6 Å². The van der Waals surface area contributed by atoms with Gasteiger partial charge in [0.15, 0.2) is 22.8 Å². The van der Waals surface area contributed by atoms with Gasteiger partial charge in [0.2, 0.25) is 11.8 Å². The number of aliphatic hydroxyl groups is 3. The van der Waals surface area contributed by atoms with Gasteiger partial charge in [-0.25, -0.2) is 28.6 Å². The number of aromatic nitrogens is 4. The average molecular weight is 910 g/mol. The third-order valence-electron chi connectivity index (χ3n) is 8.53. The number of fused-ring (bicyclic) bond motifs is 1. The van der Waals surface area contributed by atoms with E-state index in [4.69, 9.17) is 19.5 Å². The summed E-state index contributed by atoms with van der Waals surface area (Å²) in [6, 6.07) is 0. The van der Waals surface area contributed by atoms with E-state index in [1.165, 1.54) is 13.8 Å². The number of anilines is 1. The first-order valence-electron chi connectivity index (χ1n) is 17.7. The Morgan fingerprint density at radius 3 is 2.34 bits per heavy atom. The molecule has 3 rings (SSSR count). The van der Waals surface area contributed by atoms with E-state index in [9.17, 15) is 63.0 Å². The molecule has 330 valence electrons. The summed E-state index contributed by atoms with van der Waals surface area (Å²) in [4.78, 5) is 88.2. The number of nitrogen functional groups attached to an aromatic ring is 1. The molecule has 25 nitrogen and oxygen atoms in total. The van der Waals surface area contributed by atoms with Gasteiger partial charge in [0.25, 0.3) is 0 Å². The Hall–Kier alpha value is -2.48. The molecule has 1 saturated heterocycles. The fourth-order valence-corrected chi connectivity index (χ4v) is 9.18. The molecule has 11 N–H and O–H groups in total. The molecule has 3 heterocycles. The third kappa shape index (κ3) is 14.6. The average Bonchev–Trinajstić information content (AvgIpc) is 3.69. The molecule has 29 heteroatoms. The van der Waals surface area contributed by atoms with Crippen molar-refractivity contribution < 1.29 is 85.6 Å². The maximum atomic E-state index is 12.7. The van der Waals surface area contributed by atoms with Gasteiger partial charge in [0.1, 0.15) is 36.3 Å². The number of hydrogen-bond donors (Lipinski definition) is 10. The van der Waals surface area contributed by atoms with Gasteiger partial charge in [-0.2, -0.15) is 4.31 Å². The first-order valence-corrected chi connectivity index (χ1v) is 23.2. The number of aliphatic hydroxyl groups excluding tert-OH is 3. The zero-order chi connectivity index (χ0) is 43.6. The van der Waals surface area contributed by atoms with E-state index in [1.807, 2.05) is 6.92 Å². The number of rotatable bonds is 24. The maximum Gasteiger partial charge on any atom is 0.481 e. The number of imidazole rings is 1. The molecule has 2 amide bonds. The number of nitrogens with one attached hydrogen (secondary N) is 2. The molecule has 0 spiro atoms. The number of nitrogens with zero attached hydrogens (tertiary/aromatic N) is 4. The van der Waals surface area contributed by atoms with Crippen LogP contribution in [0, 0.1) is 11.3 Å². The van der Waals surface area contributed by atoms with Crippen molar-refractivity contribution in [2.45, 2.75) is 90.1 Å². The second kappa shape index (κ2) is 21.4. The van der Waals surface area contributed by atoms with Crippen molar-refractivity contribution in [1.29, 1.82) is 0 Å². The Bertz CT molecular complexity index is 1870. The van der Waals surface area contributed by atoms with Gasteiger partial charge in [-0.05, 0) is 12.8 Å². The van der Waals surface area contributed by atoms with Crippen LogP contribution in [0.4, 0.5) is 5.82 Å². The van der Waals surface area contributed by atoms with Crippen LogP contribution in [-0.2, 0) is 50.7 Å². The fourth-order valence-electron chi connectivity index (χ4n) is 5.45. The van der Waals surface area contributed by atoms with Crippen molar-refractivity contribution in [2.24, 2.45) is 11.3 Å². The van der Waals surface area contributed by atoms with Crippen LogP contribution < -0.4 is 16.4 Å². The number of ether oxygens (including phenoxy) is 1. The number of phosphoric acid groups is 3. The van der Waals surface area contributed by atoms with E-state index in [-0.39, 0.29) is 47.4 Å². The summed E-state index contributed by atoms with van der Waals surface area (Å²) < 4.78 is 62.2. The van der Waals surface area contributed by atoms with Gasteiger partial charge in [0, 0.05) is 30.7 Å². The highest BCUT2D eigenvalue weighted by Gasteiger charge is 2.50. The fraction of sp³-hybridized carbons (Fsp3) is 0.724. The van der Waals surface area contributed by atoms with E-state index in [2.05, 4.69) is 34.4 Å². The Morgan fingerprint density at radius 2 is 1.71 bits per heavy atom. The number of thioether (sulfide) groups is 1. The number of carbonyl (C=O) groups excluding carboxylic acids is 3. The summed E-state index contributed by atoms with van der Waals surface area (Å²) >= 11 is 1.00. The molecule has 58 heavy (non-hydrogen) atoms. The summed E-state index contributed by atoms with van der Waals surface area (Å²) in [6.45, 7) is 4.07. The van der Waals surface area contributed by atoms with E-state index < -0.39 is 96.6 Å². The number of amides is 2. The molecule has 0 saturated carbocycles. The minimum atomic E-state index is -5.58. The quantitative estimate of drug-likeness (QED) is 0.0483. The minimum absolute atomic E-state index is 0.0265. The first-order chi connectivity index (χ1) is 26.9. The normalized spacial score (nSPS) is 22.5. The number of carbonyl (C=O) groups is 3. The Morgan fingerprint density at radius 1 is 1.03 bits per heavy atom. The second-order valence-electron chi connectivity index (χ2n) is 13.6. The topological polar surface area (TPSA) is 384 Å². The monoisotopic (exact) mass is 909 g/mol. The second-order valence-corrected chi connectivity index (χ2v) is 18.9. The first kappa shape index (κ1) is 49.9. The predicted molar refractivity (Wildman–Crippen MR) is 202 cm³/mol. The summed E-state index contributed by atoms with van der Waals surface area (Å²) in [5.41, 5.74) is 4.24. The molecule has 1 aliphatic heterocycles. The predicted octanol–water partition coefficient (Wildman–Crippen LogP) is -0.148. The maximum absolute atomic E-state index is 12.7. The molecule has 1 aliphatic rings. The number of nitrogens with two attached hydrogens (primary N) is 1. The van der Waals surface area contributed by atoms with Crippen LogP contribution in [-0.4, -0.2) is 134 Å². The minimum Gasteiger partial charge on any atom is -0.392 e. The van der Waals surface area contributed by atoms with Crippen LogP contribution in [0.1, 0.15) is 59.6 Å². The lowest BCUT2D eigenvalue weighted by atomic mass is 9.87. The molecule has 0 bridgehead atoms. The molecule has 1 fully saturated rings. The van der Waals surface area contributed by atoms with Crippen molar-refractivity contribution in [3.05, 3.63) is 12.7 Å². The lowest BCUT2D eigenvalue weighted by molar-refractivity contribution is -0.137. The van der Waals surface area contributed by atoms with Crippen LogP contribution in [0.15, 0.2) is 12.7 Å². The van der Waals surface area contributed by atoms with Gasteiger partial charge in [-0.15, -0.1) is 0 Å². The molecule has 2 aromatic rings. The highest BCUT2D eigenvalue weighted by atomic mass is 32.2. The Labute approximate surface area is 336 Å². The van der Waals surface area contributed by atoms with Gasteiger partial charge >= 0.3 is 23.5 Å². The van der Waals surface area contributed by atoms with Crippen LogP contribution >= 0.6 is 35.2 Å². The molecular formula is C29H50N7O18P3S. The van der Waals surface area contributed by atoms with E-state index in [0.29, 0.717) is 12.8 Å². The Balaban J connectivity index is 1.48.